The molecule has 18 heavy (non-hydrogen) atoms. The first-order valence-electron chi connectivity index (χ1n) is 6.26. The Labute approximate surface area is 108 Å². The Bertz CT molecular complexity index is 568. The van der Waals surface area contributed by atoms with Crippen LogP contribution < -0.4 is 0 Å². The van der Waals surface area contributed by atoms with Gasteiger partial charge in [-0.1, -0.05) is 49.4 Å². The zero-order valence-corrected chi connectivity index (χ0v) is 10.9. The van der Waals surface area contributed by atoms with Crippen LogP contribution >= 0.6 is 0 Å². The molecule has 1 heteroatoms. The summed E-state index contributed by atoms with van der Waals surface area (Å²) in [4.78, 5) is 0. The molecular weight excluding hydrogens is 220 g/mol. The molecule has 2 aromatic rings. The van der Waals surface area contributed by atoms with Gasteiger partial charge in [-0.2, -0.15) is 0 Å². The van der Waals surface area contributed by atoms with Crippen molar-refractivity contribution >= 4 is 12.2 Å². The van der Waals surface area contributed by atoms with E-state index in [0.717, 1.165) is 12.0 Å². The number of aryl methyl sites for hydroxylation is 2. The molecule has 0 spiro atoms. The van der Waals surface area contributed by atoms with Crippen molar-refractivity contribution in [2.75, 3.05) is 0 Å². The highest BCUT2D eigenvalue weighted by molar-refractivity contribution is 5.73. The summed E-state index contributed by atoms with van der Waals surface area (Å²) >= 11 is 0. The predicted molar refractivity (Wildman–Crippen MR) is 77.6 cm³/mol. The van der Waals surface area contributed by atoms with Gasteiger partial charge in [0.05, 0.1) is 0 Å². The van der Waals surface area contributed by atoms with Crippen molar-refractivity contribution in [2.24, 2.45) is 0 Å². The lowest BCUT2D eigenvalue weighted by Gasteiger charge is -2.03. The molecule has 1 nitrogen and oxygen atoms in total. The SMILES string of the molecule is CCc1ccc(O)c(/C=C/c2ccccc2C)c1. The second kappa shape index (κ2) is 5.54. The van der Waals surface area contributed by atoms with E-state index in [0.29, 0.717) is 5.75 Å². The lowest BCUT2D eigenvalue weighted by Crippen LogP contribution is -1.83. The number of phenols is 1. The summed E-state index contributed by atoms with van der Waals surface area (Å²) < 4.78 is 0. The average Bonchev–Trinajstić information content (AvgIpc) is 2.39. The van der Waals surface area contributed by atoms with Gasteiger partial charge < -0.3 is 5.11 Å². The van der Waals surface area contributed by atoms with Crippen LogP contribution in [-0.4, -0.2) is 5.11 Å². The molecule has 92 valence electrons. The van der Waals surface area contributed by atoms with Crippen molar-refractivity contribution in [3.05, 3.63) is 64.7 Å². The quantitative estimate of drug-likeness (QED) is 0.784. The molecule has 0 saturated carbocycles. The molecule has 0 amide bonds. The van der Waals surface area contributed by atoms with E-state index in [-0.39, 0.29) is 0 Å². The second-order valence-corrected chi connectivity index (χ2v) is 4.44. The zero-order valence-electron chi connectivity index (χ0n) is 10.9. The Morgan fingerprint density at radius 2 is 1.72 bits per heavy atom. The number of hydrogen-bond acceptors (Lipinski definition) is 1. The summed E-state index contributed by atoms with van der Waals surface area (Å²) in [5.74, 6) is 0.331. The molecule has 2 aromatic carbocycles. The van der Waals surface area contributed by atoms with E-state index in [4.69, 9.17) is 0 Å². The average molecular weight is 238 g/mol. The van der Waals surface area contributed by atoms with Crippen LogP contribution in [0.25, 0.3) is 12.2 Å². The van der Waals surface area contributed by atoms with E-state index in [2.05, 4.69) is 26.0 Å². The van der Waals surface area contributed by atoms with Crippen molar-refractivity contribution in [3.8, 4) is 5.75 Å². The fourth-order valence-corrected chi connectivity index (χ4v) is 1.91. The molecular formula is C17H18O. The van der Waals surface area contributed by atoms with Crippen molar-refractivity contribution in [2.45, 2.75) is 20.3 Å². The third-order valence-corrected chi connectivity index (χ3v) is 3.13. The molecule has 0 fully saturated rings. The molecule has 0 unspecified atom stereocenters. The summed E-state index contributed by atoms with van der Waals surface area (Å²) in [6.45, 7) is 4.20. The van der Waals surface area contributed by atoms with Gasteiger partial charge in [-0.05, 0) is 42.2 Å². The van der Waals surface area contributed by atoms with Gasteiger partial charge in [0.25, 0.3) is 0 Å². The molecule has 0 radical (unpaired) electrons. The second-order valence-electron chi connectivity index (χ2n) is 4.44. The number of hydrogen-bond donors (Lipinski definition) is 1. The number of benzene rings is 2. The Hall–Kier alpha value is -2.02. The van der Waals surface area contributed by atoms with Gasteiger partial charge in [0.2, 0.25) is 0 Å². The third-order valence-electron chi connectivity index (χ3n) is 3.13. The van der Waals surface area contributed by atoms with Crippen LogP contribution in [0.2, 0.25) is 0 Å². The fourth-order valence-electron chi connectivity index (χ4n) is 1.91. The highest BCUT2D eigenvalue weighted by Gasteiger charge is 1.99. The van der Waals surface area contributed by atoms with Crippen LogP contribution in [0.4, 0.5) is 0 Å². The first kappa shape index (κ1) is 12.4. The van der Waals surface area contributed by atoms with Gasteiger partial charge in [0.15, 0.2) is 0 Å². The summed E-state index contributed by atoms with van der Waals surface area (Å²) in [5, 5.41) is 9.83. The minimum absolute atomic E-state index is 0.331. The van der Waals surface area contributed by atoms with E-state index >= 15 is 0 Å². The van der Waals surface area contributed by atoms with Crippen LogP contribution in [0.5, 0.6) is 5.75 Å². The van der Waals surface area contributed by atoms with Gasteiger partial charge in [0.1, 0.15) is 5.75 Å². The van der Waals surface area contributed by atoms with Crippen LogP contribution in [0.15, 0.2) is 42.5 Å². The minimum Gasteiger partial charge on any atom is -0.507 e. The fraction of sp³-hybridized carbons (Fsp3) is 0.176. The maximum absolute atomic E-state index is 9.83. The van der Waals surface area contributed by atoms with Crippen LogP contribution in [0, 0.1) is 6.92 Å². The Kier molecular flexibility index (Phi) is 3.83. The molecule has 0 aliphatic heterocycles. The van der Waals surface area contributed by atoms with Gasteiger partial charge >= 0.3 is 0 Å². The van der Waals surface area contributed by atoms with E-state index in [1.807, 2.05) is 36.4 Å². The Morgan fingerprint density at radius 1 is 1.00 bits per heavy atom. The van der Waals surface area contributed by atoms with E-state index in [1.165, 1.54) is 16.7 Å². The molecule has 0 aliphatic carbocycles. The first-order valence-corrected chi connectivity index (χ1v) is 6.26. The number of phenolic OH excluding ortho intramolecular Hbond substituents is 1. The summed E-state index contributed by atoms with van der Waals surface area (Å²) in [5.41, 5.74) is 4.52. The monoisotopic (exact) mass is 238 g/mol. The van der Waals surface area contributed by atoms with E-state index in [9.17, 15) is 5.11 Å². The first-order chi connectivity index (χ1) is 8.70. The van der Waals surface area contributed by atoms with Crippen molar-refractivity contribution < 1.29 is 5.11 Å². The predicted octanol–water partition coefficient (Wildman–Crippen LogP) is 4.43. The number of aromatic hydroxyl groups is 1. The van der Waals surface area contributed by atoms with Crippen molar-refractivity contribution in [1.82, 2.24) is 0 Å². The normalized spacial score (nSPS) is 11.0. The zero-order chi connectivity index (χ0) is 13.0. The molecule has 0 aromatic heterocycles. The highest BCUT2D eigenvalue weighted by atomic mass is 16.3. The molecule has 0 atom stereocenters. The maximum Gasteiger partial charge on any atom is 0.122 e. The molecule has 0 bridgehead atoms. The molecule has 0 heterocycles. The van der Waals surface area contributed by atoms with E-state index < -0.39 is 0 Å². The van der Waals surface area contributed by atoms with Crippen molar-refractivity contribution in [1.29, 1.82) is 0 Å². The smallest absolute Gasteiger partial charge is 0.122 e. The minimum atomic E-state index is 0.331. The number of rotatable bonds is 3. The Balaban J connectivity index is 2.31. The van der Waals surface area contributed by atoms with Crippen molar-refractivity contribution in [3.63, 3.8) is 0 Å². The van der Waals surface area contributed by atoms with Gasteiger partial charge in [-0.15, -0.1) is 0 Å². The summed E-state index contributed by atoms with van der Waals surface area (Å²) in [6, 6.07) is 14.0. The van der Waals surface area contributed by atoms with Gasteiger partial charge in [-0.3, -0.25) is 0 Å². The third kappa shape index (κ3) is 2.80. The van der Waals surface area contributed by atoms with E-state index in [1.54, 1.807) is 6.07 Å². The van der Waals surface area contributed by atoms with Crippen LogP contribution in [0.3, 0.4) is 0 Å². The standard InChI is InChI=1S/C17H18O/c1-3-14-8-11-17(18)16(12-14)10-9-15-7-5-4-6-13(15)2/h4-12,18H,3H2,1-2H3/b10-9+. The topological polar surface area (TPSA) is 20.2 Å². The Morgan fingerprint density at radius 3 is 2.44 bits per heavy atom. The maximum atomic E-state index is 9.83. The van der Waals surface area contributed by atoms with Crippen LogP contribution in [-0.2, 0) is 6.42 Å². The largest absolute Gasteiger partial charge is 0.507 e. The highest BCUT2D eigenvalue weighted by Crippen LogP contribution is 2.22. The lowest BCUT2D eigenvalue weighted by atomic mass is 10.0. The van der Waals surface area contributed by atoms with Gasteiger partial charge in [-0.25, -0.2) is 0 Å². The van der Waals surface area contributed by atoms with Gasteiger partial charge in [0, 0.05) is 5.56 Å². The summed E-state index contributed by atoms with van der Waals surface area (Å²) in [6.07, 6.45) is 4.99. The molecule has 0 aliphatic rings. The molecule has 0 saturated heterocycles. The molecule has 1 N–H and O–H groups in total. The van der Waals surface area contributed by atoms with Crippen LogP contribution in [0.1, 0.15) is 29.2 Å². The molecule has 2 rings (SSSR count). The lowest BCUT2D eigenvalue weighted by molar-refractivity contribution is 0.474. The summed E-state index contributed by atoms with van der Waals surface area (Å²) in [7, 11) is 0.